The summed E-state index contributed by atoms with van der Waals surface area (Å²) in [5, 5.41) is 3.15. The number of benzene rings is 1. The fraction of sp³-hybridized carbons (Fsp3) is 0.294. The fourth-order valence-corrected chi connectivity index (χ4v) is 2.98. The lowest BCUT2D eigenvalue weighted by Gasteiger charge is -2.13. The third-order valence-corrected chi connectivity index (χ3v) is 4.47. The number of carbonyl (C=O) groups is 1. The minimum atomic E-state index is -0.231. The molecule has 1 amide bonds. The van der Waals surface area contributed by atoms with Gasteiger partial charge in [-0.1, -0.05) is 11.6 Å². The zero-order valence-electron chi connectivity index (χ0n) is 12.8. The summed E-state index contributed by atoms with van der Waals surface area (Å²) in [5.41, 5.74) is 1.10. The first kappa shape index (κ1) is 17.2. The van der Waals surface area contributed by atoms with Gasteiger partial charge in [0, 0.05) is 12.2 Å². The molecule has 1 aromatic carbocycles. The van der Waals surface area contributed by atoms with Crippen molar-refractivity contribution in [1.82, 2.24) is 4.98 Å². The van der Waals surface area contributed by atoms with Crippen molar-refractivity contribution in [3.63, 3.8) is 0 Å². The van der Waals surface area contributed by atoms with Crippen molar-refractivity contribution >= 4 is 39.1 Å². The number of rotatable bonds is 5. The van der Waals surface area contributed by atoms with E-state index in [2.05, 4.69) is 26.2 Å². The van der Waals surface area contributed by atoms with Crippen molar-refractivity contribution in [3.8, 4) is 5.75 Å². The molecule has 1 N–H and O–H groups in total. The van der Waals surface area contributed by atoms with Crippen LogP contribution >= 0.6 is 27.5 Å². The fourth-order valence-electron chi connectivity index (χ4n) is 2.37. The lowest BCUT2D eigenvalue weighted by Crippen LogP contribution is -2.16. The Morgan fingerprint density at radius 1 is 1.42 bits per heavy atom. The average molecular weight is 412 g/mol. The van der Waals surface area contributed by atoms with Gasteiger partial charge in [0.25, 0.3) is 5.91 Å². The Morgan fingerprint density at radius 3 is 2.96 bits per heavy atom. The third kappa shape index (κ3) is 4.47. The van der Waals surface area contributed by atoms with E-state index in [-0.39, 0.29) is 12.0 Å². The van der Waals surface area contributed by atoms with Gasteiger partial charge in [0.05, 0.1) is 22.5 Å². The number of amides is 1. The minimum absolute atomic E-state index is 0.150. The first-order valence-corrected chi connectivity index (χ1v) is 8.76. The molecule has 0 spiro atoms. The summed E-state index contributed by atoms with van der Waals surface area (Å²) in [6.45, 7) is 1.31. The van der Waals surface area contributed by atoms with Gasteiger partial charge in [-0.2, -0.15) is 0 Å². The van der Waals surface area contributed by atoms with Crippen LogP contribution in [0.5, 0.6) is 5.75 Å². The van der Waals surface area contributed by atoms with Crippen LogP contribution in [0.25, 0.3) is 0 Å². The number of nitrogens with zero attached hydrogens (tertiary/aromatic N) is 1. The predicted octanol–water partition coefficient (Wildman–Crippen LogP) is 4.31. The van der Waals surface area contributed by atoms with Gasteiger partial charge in [-0.15, -0.1) is 0 Å². The van der Waals surface area contributed by atoms with Crippen LogP contribution in [0.2, 0.25) is 5.15 Å². The number of hydrogen-bond donors (Lipinski definition) is 1. The predicted molar refractivity (Wildman–Crippen MR) is 95.8 cm³/mol. The van der Waals surface area contributed by atoms with E-state index in [1.165, 1.54) is 6.20 Å². The molecule has 126 valence electrons. The van der Waals surface area contributed by atoms with E-state index < -0.39 is 0 Å². The molecule has 1 fully saturated rings. The SMILES string of the molecule is O=C(Nc1ccc(Cl)nc1)c1ccc(OCC2CCCO2)c(Br)c1. The molecule has 1 atom stereocenters. The topological polar surface area (TPSA) is 60.5 Å². The standard InChI is InChI=1S/C17H16BrClN2O3/c18-14-8-11(17(22)21-12-4-6-16(19)20-9-12)3-5-15(14)24-10-13-2-1-7-23-13/h3-6,8-9,13H,1-2,7,10H2,(H,21,22). The van der Waals surface area contributed by atoms with Gasteiger partial charge in [-0.25, -0.2) is 4.98 Å². The van der Waals surface area contributed by atoms with E-state index in [1.54, 1.807) is 30.3 Å². The van der Waals surface area contributed by atoms with Crippen LogP contribution in [-0.2, 0) is 4.74 Å². The molecule has 7 heteroatoms. The van der Waals surface area contributed by atoms with Crippen LogP contribution in [-0.4, -0.2) is 30.2 Å². The maximum absolute atomic E-state index is 12.3. The Bertz CT molecular complexity index is 718. The molecule has 2 heterocycles. The average Bonchev–Trinajstić information content (AvgIpc) is 3.09. The van der Waals surface area contributed by atoms with Crippen molar-refractivity contribution in [2.75, 3.05) is 18.5 Å². The molecule has 1 aromatic heterocycles. The molecule has 0 aliphatic carbocycles. The quantitative estimate of drug-likeness (QED) is 0.745. The lowest BCUT2D eigenvalue weighted by molar-refractivity contribution is 0.0677. The molecule has 24 heavy (non-hydrogen) atoms. The van der Waals surface area contributed by atoms with Gasteiger partial charge in [0.1, 0.15) is 17.5 Å². The molecular formula is C17H16BrClN2O3. The summed E-state index contributed by atoms with van der Waals surface area (Å²) in [6, 6.07) is 8.53. The summed E-state index contributed by atoms with van der Waals surface area (Å²) in [7, 11) is 0. The third-order valence-electron chi connectivity index (χ3n) is 3.63. The van der Waals surface area contributed by atoms with E-state index >= 15 is 0 Å². The lowest BCUT2D eigenvalue weighted by atomic mass is 10.2. The van der Waals surface area contributed by atoms with E-state index in [1.807, 2.05) is 0 Å². The summed E-state index contributed by atoms with van der Waals surface area (Å²) in [4.78, 5) is 16.2. The van der Waals surface area contributed by atoms with Crippen molar-refractivity contribution < 1.29 is 14.3 Å². The van der Waals surface area contributed by atoms with Gasteiger partial charge < -0.3 is 14.8 Å². The van der Waals surface area contributed by atoms with Gasteiger partial charge in [-0.05, 0) is 59.1 Å². The maximum Gasteiger partial charge on any atom is 0.255 e. The highest BCUT2D eigenvalue weighted by Crippen LogP contribution is 2.27. The molecule has 1 unspecified atom stereocenters. The van der Waals surface area contributed by atoms with Crippen molar-refractivity contribution in [2.45, 2.75) is 18.9 Å². The van der Waals surface area contributed by atoms with Crippen LogP contribution in [0, 0.1) is 0 Å². The van der Waals surface area contributed by atoms with E-state index in [9.17, 15) is 4.79 Å². The molecule has 0 saturated carbocycles. The Labute approximate surface area is 153 Å². The highest BCUT2D eigenvalue weighted by atomic mass is 79.9. The first-order valence-electron chi connectivity index (χ1n) is 7.58. The molecule has 1 aliphatic heterocycles. The number of aromatic nitrogens is 1. The highest BCUT2D eigenvalue weighted by molar-refractivity contribution is 9.10. The number of anilines is 1. The zero-order chi connectivity index (χ0) is 16.9. The smallest absolute Gasteiger partial charge is 0.255 e. The van der Waals surface area contributed by atoms with Crippen LogP contribution in [0.1, 0.15) is 23.2 Å². The second-order valence-electron chi connectivity index (χ2n) is 5.41. The van der Waals surface area contributed by atoms with E-state index in [4.69, 9.17) is 21.1 Å². The molecular weight excluding hydrogens is 396 g/mol. The number of hydrogen-bond acceptors (Lipinski definition) is 4. The Kier molecular flexibility index (Phi) is 5.71. The number of pyridine rings is 1. The second-order valence-corrected chi connectivity index (χ2v) is 6.66. The van der Waals surface area contributed by atoms with Crippen LogP contribution < -0.4 is 10.1 Å². The van der Waals surface area contributed by atoms with E-state index in [0.717, 1.165) is 23.9 Å². The minimum Gasteiger partial charge on any atom is -0.490 e. The molecule has 1 aliphatic rings. The number of halogens is 2. The molecule has 0 radical (unpaired) electrons. The summed E-state index contributed by atoms with van der Waals surface area (Å²) < 4.78 is 12.0. The largest absolute Gasteiger partial charge is 0.490 e. The molecule has 0 bridgehead atoms. The van der Waals surface area contributed by atoms with Crippen LogP contribution in [0.15, 0.2) is 41.0 Å². The first-order chi connectivity index (χ1) is 11.6. The van der Waals surface area contributed by atoms with Crippen molar-refractivity contribution in [1.29, 1.82) is 0 Å². The number of carbonyl (C=O) groups excluding carboxylic acids is 1. The maximum atomic E-state index is 12.3. The molecule has 2 aromatic rings. The highest BCUT2D eigenvalue weighted by Gasteiger charge is 2.17. The van der Waals surface area contributed by atoms with E-state index in [0.29, 0.717) is 28.8 Å². The molecule has 5 nitrogen and oxygen atoms in total. The monoisotopic (exact) mass is 410 g/mol. The Balaban J connectivity index is 1.62. The second kappa shape index (κ2) is 7.96. The van der Waals surface area contributed by atoms with Crippen LogP contribution in [0.4, 0.5) is 5.69 Å². The van der Waals surface area contributed by atoms with Crippen molar-refractivity contribution in [2.24, 2.45) is 0 Å². The van der Waals surface area contributed by atoms with Gasteiger partial charge in [0.2, 0.25) is 0 Å². The van der Waals surface area contributed by atoms with Crippen LogP contribution in [0.3, 0.4) is 0 Å². The summed E-state index contributed by atoms with van der Waals surface area (Å²) in [6.07, 6.45) is 3.76. The van der Waals surface area contributed by atoms with Gasteiger partial charge >= 0.3 is 0 Å². The number of nitrogens with one attached hydrogen (secondary N) is 1. The molecule has 3 rings (SSSR count). The Morgan fingerprint density at radius 2 is 2.29 bits per heavy atom. The van der Waals surface area contributed by atoms with Crippen molar-refractivity contribution in [3.05, 3.63) is 51.7 Å². The molecule has 1 saturated heterocycles. The van der Waals surface area contributed by atoms with Gasteiger partial charge in [0.15, 0.2) is 0 Å². The summed E-state index contributed by atoms with van der Waals surface area (Å²) >= 11 is 9.17. The Hall–Kier alpha value is -1.63. The summed E-state index contributed by atoms with van der Waals surface area (Å²) in [5.74, 6) is 0.459. The number of ether oxygens (including phenoxy) is 2. The van der Waals surface area contributed by atoms with Gasteiger partial charge in [-0.3, -0.25) is 4.79 Å². The zero-order valence-corrected chi connectivity index (χ0v) is 15.1. The normalized spacial score (nSPS) is 16.8.